The summed E-state index contributed by atoms with van der Waals surface area (Å²) in [4.78, 5) is 0. The fourth-order valence-electron chi connectivity index (χ4n) is 1.69. The third kappa shape index (κ3) is 2.35. The zero-order chi connectivity index (χ0) is 13.0. The van der Waals surface area contributed by atoms with Crippen molar-refractivity contribution in [2.75, 3.05) is 19.8 Å². The summed E-state index contributed by atoms with van der Waals surface area (Å²) in [5.74, 6) is -3.53. The molecule has 1 atom stereocenters. The molecule has 0 aromatic carbocycles. The Balaban J connectivity index is 5.46. The van der Waals surface area contributed by atoms with Gasteiger partial charge in [0.1, 0.15) is 0 Å². The molecule has 1 unspecified atom stereocenters. The minimum Gasteiger partial charge on any atom is -0.395 e. The molecule has 0 aromatic heterocycles. The normalized spacial score (nSPS) is 17.2. The Morgan fingerprint density at radius 1 is 0.812 bits per heavy atom. The lowest BCUT2D eigenvalue weighted by atomic mass is 9.69. The Morgan fingerprint density at radius 3 is 1.38 bits per heavy atom. The summed E-state index contributed by atoms with van der Waals surface area (Å²) in [6.45, 7) is -1.16. The molecule has 0 rings (SSSR count). The molecule has 0 heterocycles. The topological polar surface area (TPSA) is 142 Å². The fraction of sp³-hybridized carbons (Fsp3) is 1.00. The maximum atomic E-state index is 10.0. The Hall–Kier alpha value is -0.280. The van der Waals surface area contributed by atoms with Gasteiger partial charge in [0.2, 0.25) is 0 Å². The average Bonchev–Trinajstić information content (AvgIpc) is 2.20. The van der Waals surface area contributed by atoms with Crippen molar-refractivity contribution in [3.8, 4) is 0 Å². The highest BCUT2D eigenvalue weighted by Crippen LogP contribution is 2.40. The monoisotopic (exact) mass is 240 g/mol. The van der Waals surface area contributed by atoms with Crippen LogP contribution in [0.1, 0.15) is 19.8 Å². The molecule has 0 amide bonds. The molecule has 16 heavy (non-hydrogen) atoms. The van der Waals surface area contributed by atoms with Gasteiger partial charge >= 0.3 is 5.97 Å². The van der Waals surface area contributed by atoms with Gasteiger partial charge < -0.3 is 35.7 Å². The molecular weight excluding hydrogens is 220 g/mol. The first-order valence-electron chi connectivity index (χ1n) is 4.96. The van der Waals surface area contributed by atoms with Crippen LogP contribution in [0.2, 0.25) is 0 Å². The van der Waals surface area contributed by atoms with Crippen molar-refractivity contribution in [1.29, 1.82) is 0 Å². The smallest absolute Gasteiger partial charge is 0.306 e. The van der Waals surface area contributed by atoms with Crippen molar-refractivity contribution in [2.45, 2.75) is 31.3 Å². The summed E-state index contributed by atoms with van der Waals surface area (Å²) in [6, 6.07) is 0. The largest absolute Gasteiger partial charge is 0.395 e. The summed E-state index contributed by atoms with van der Waals surface area (Å²) in [7, 11) is 0. The lowest BCUT2D eigenvalue weighted by molar-refractivity contribution is -0.423. The molecule has 7 heteroatoms. The summed E-state index contributed by atoms with van der Waals surface area (Å²) < 4.78 is 0. The minimum atomic E-state index is -3.53. The molecule has 0 saturated heterocycles. The zero-order valence-corrected chi connectivity index (χ0v) is 9.17. The average molecular weight is 240 g/mol. The van der Waals surface area contributed by atoms with Gasteiger partial charge in [-0.2, -0.15) is 0 Å². The Bertz CT molecular complexity index is 200. The number of aliphatic hydroxyl groups excluding tert-OH is 3. The van der Waals surface area contributed by atoms with E-state index < -0.39 is 36.8 Å². The van der Waals surface area contributed by atoms with Crippen molar-refractivity contribution < 1.29 is 35.7 Å². The van der Waals surface area contributed by atoms with E-state index in [4.69, 9.17) is 30.6 Å². The molecule has 0 bridgehead atoms. The highest BCUT2D eigenvalue weighted by atomic mass is 16.7. The fourth-order valence-corrected chi connectivity index (χ4v) is 1.69. The summed E-state index contributed by atoms with van der Waals surface area (Å²) >= 11 is 0. The van der Waals surface area contributed by atoms with Gasteiger partial charge in [-0.15, -0.1) is 0 Å². The molecule has 0 aromatic rings. The molecule has 0 aliphatic carbocycles. The van der Waals surface area contributed by atoms with Crippen LogP contribution < -0.4 is 0 Å². The van der Waals surface area contributed by atoms with Crippen molar-refractivity contribution in [1.82, 2.24) is 0 Å². The molecular formula is C9H20O7. The van der Waals surface area contributed by atoms with Crippen LogP contribution in [0.5, 0.6) is 0 Å². The third-order valence-corrected chi connectivity index (χ3v) is 2.95. The van der Waals surface area contributed by atoms with Crippen LogP contribution in [-0.2, 0) is 0 Å². The maximum absolute atomic E-state index is 10.0. The lowest BCUT2D eigenvalue weighted by Crippen LogP contribution is -2.68. The van der Waals surface area contributed by atoms with Crippen molar-refractivity contribution in [3.05, 3.63) is 0 Å². The van der Waals surface area contributed by atoms with Gasteiger partial charge in [-0.05, 0) is 6.42 Å². The van der Waals surface area contributed by atoms with E-state index in [-0.39, 0.29) is 12.8 Å². The first kappa shape index (κ1) is 15.7. The predicted octanol–water partition coefficient (Wildman–Crippen LogP) is -2.89. The van der Waals surface area contributed by atoms with Crippen LogP contribution in [0.3, 0.4) is 0 Å². The van der Waals surface area contributed by atoms with E-state index in [1.807, 2.05) is 0 Å². The Kier molecular flexibility index (Phi) is 5.27. The van der Waals surface area contributed by atoms with Gasteiger partial charge in [-0.25, -0.2) is 0 Å². The van der Waals surface area contributed by atoms with Gasteiger partial charge in [0, 0.05) is 0 Å². The quantitative estimate of drug-likeness (QED) is 0.237. The zero-order valence-electron chi connectivity index (χ0n) is 9.17. The van der Waals surface area contributed by atoms with Gasteiger partial charge in [0.25, 0.3) is 0 Å². The Morgan fingerprint density at radius 2 is 1.19 bits per heavy atom. The molecule has 7 N–H and O–H groups in total. The summed E-state index contributed by atoms with van der Waals surface area (Å²) in [5.41, 5.74) is -4.64. The molecule has 0 radical (unpaired) electrons. The molecule has 0 spiro atoms. The second-order valence-electron chi connectivity index (χ2n) is 4.00. The van der Waals surface area contributed by atoms with Crippen LogP contribution in [0, 0.1) is 5.41 Å². The van der Waals surface area contributed by atoms with E-state index >= 15 is 0 Å². The predicted molar refractivity (Wildman–Crippen MR) is 52.9 cm³/mol. The first-order chi connectivity index (χ1) is 7.24. The van der Waals surface area contributed by atoms with Gasteiger partial charge in [0.15, 0.2) is 5.60 Å². The Labute approximate surface area is 93.2 Å². The highest BCUT2D eigenvalue weighted by molar-refractivity contribution is 5.02. The van der Waals surface area contributed by atoms with Gasteiger partial charge in [0.05, 0.1) is 25.2 Å². The van der Waals surface area contributed by atoms with Crippen molar-refractivity contribution in [3.63, 3.8) is 0 Å². The van der Waals surface area contributed by atoms with E-state index in [9.17, 15) is 5.11 Å². The van der Waals surface area contributed by atoms with Crippen LogP contribution in [0.15, 0.2) is 0 Å². The summed E-state index contributed by atoms with van der Waals surface area (Å²) in [6.07, 6.45) is -0.0835. The van der Waals surface area contributed by atoms with Crippen molar-refractivity contribution >= 4 is 0 Å². The van der Waals surface area contributed by atoms with E-state index in [2.05, 4.69) is 0 Å². The minimum absolute atomic E-state index is 0.238. The third-order valence-electron chi connectivity index (χ3n) is 2.95. The lowest BCUT2D eigenvalue weighted by Gasteiger charge is -2.47. The second-order valence-corrected chi connectivity index (χ2v) is 4.00. The number of rotatable bonds is 7. The van der Waals surface area contributed by atoms with E-state index in [1.165, 1.54) is 0 Å². The number of hydrogen-bond donors (Lipinski definition) is 7. The van der Waals surface area contributed by atoms with E-state index in [0.29, 0.717) is 0 Å². The summed E-state index contributed by atoms with van der Waals surface area (Å²) in [5, 5.41) is 64.7. The van der Waals surface area contributed by atoms with Crippen LogP contribution >= 0.6 is 0 Å². The second kappa shape index (κ2) is 5.37. The molecule has 0 aliphatic heterocycles. The standard InChI is InChI=1S/C9H20O7/c1-2-3-8(13,9(14,15)16)7(4-10,5-11)6-12/h10-16H,2-6H2,1H3. The van der Waals surface area contributed by atoms with Gasteiger partial charge in [-0.3, -0.25) is 0 Å². The number of aliphatic hydroxyl groups is 7. The van der Waals surface area contributed by atoms with Crippen LogP contribution in [-0.4, -0.2) is 67.1 Å². The van der Waals surface area contributed by atoms with E-state index in [0.717, 1.165) is 0 Å². The molecule has 0 fully saturated rings. The highest BCUT2D eigenvalue weighted by Gasteiger charge is 2.61. The molecule has 7 nitrogen and oxygen atoms in total. The van der Waals surface area contributed by atoms with Crippen molar-refractivity contribution in [2.24, 2.45) is 5.41 Å². The molecule has 98 valence electrons. The SMILES string of the molecule is CCCC(O)(C(O)(O)O)C(CO)(CO)CO. The maximum Gasteiger partial charge on any atom is 0.306 e. The van der Waals surface area contributed by atoms with Gasteiger partial charge in [-0.1, -0.05) is 13.3 Å². The van der Waals surface area contributed by atoms with Crippen LogP contribution in [0.4, 0.5) is 0 Å². The number of hydrogen-bond acceptors (Lipinski definition) is 7. The van der Waals surface area contributed by atoms with E-state index in [1.54, 1.807) is 6.92 Å². The van der Waals surface area contributed by atoms with Crippen LogP contribution in [0.25, 0.3) is 0 Å². The first-order valence-corrected chi connectivity index (χ1v) is 4.96. The molecule has 0 saturated carbocycles. The molecule has 0 aliphatic rings.